The molecule has 5 aromatic carbocycles. The van der Waals surface area contributed by atoms with Gasteiger partial charge in [0.1, 0.15) is 0 Å². The molecule has 0 heterocycles. The van der Waals surface area contributed by atoms with Gasteiger partial charge in [-0.2, -0.15) is 0 Å². The van der Waals surface area contributed by atoms with Crippen molar-refractivity contribution < 1.29 is 0 Å². The van der Waals surface area contributed by atoms with E-state index in [9.17, 15) is 0 Å². The zero-order valence-corrected chi connectivity index (χ0v) is 29.1. The molecular weight excluding hydrogens is 591 g/mol. The van der Waals surface area contributed by atoms with E-state index in [1.54, 1.807) is 0 Å². The van der Waals surface area contributed by atoms with Gasteiger partial charge in [0.15, 0.2) is 0 Å². The number of hydrogen-bond acceptors (Lipinski definition) is 1. The molecular formula is C48H45N. The van der Waals surface area contributed by atoms with E-state index in [1.807, 2.05) is 0 Å². The van der Waals surface area contributed by atoms with Crippen molar-refractivity contribution in [3.63, 3.8) is 0 Å². The van der Waals surface area contributed by atoms with Crippen molar-refractivity contribution in [2.24, 2.45) is 5.92 Å². The molecule has 1 spiro atoms. The van der Waals surface area contributed by atoms with Gasteiger partial charge in [0.05, 0.1) is 0 Å². The van der Waals surface area contributed by atoms with Crippen LogP contribution in [0.2, 0.25) is 0 Å². The number of allylic oxidation sites excluding steroid dienone is 5. The average Bonchev–Trinajstić information content (AvgIpc) is 3.56. The van der Waals surface area contributed by atoms with Gasteiger partial charge in [0.2, 0.25) is 0 Å². The number of fused-ring (bicyclic) bond motifs is 8. The first-order valence-electron chi connectivity index (χ1n) is 18.3. The third-order valence-electron chi connectivity index (χ3n) is 12.4. The van der Waals surface area contributed by atoms with Gasteiger partial charge in [-0.3, -0.25) is 0 Å². The Bertz CT molecular complexity index is 2180. The molecule has 2 unspecified atom stereocenters. The molecule has 0 bridgehead atoms. The number of benzene rings is 5. The summed E-state index contributed by atoms with van der Waals surface area (Å²) in [6.45, 7) is 12.0. The predicted molar refractivity (Wildman–Crippen MR) is 207 cm³/mol. The lowest BCUT2D eigenvalue weighted by atomic mass is 9.61. The Labute approximate surface area is 292 Å². The zero-order chi connectivity index (χ0) is 33.3. The first-order chi connectivity index (χ1) is 23.9. The van der Waals surface area contributed by atoms with E-state index in [0.717, 1.165) is 31.6 Å². The second kappa shape index (κ2) is 11.3. The second-order valence-electron chi connectivity index (χ2n) is 15.2. The highest BCUT2D eigenvalue weighted by Gasteiger charge is 2.51. The van der Waals surface area contributed by atoms with Gasteiger partial charge >= 0.3 is 0 Å². The monoisotopic (exact) mass is 635 g/mol. The van der Waals surface area contributed by atoms with Crippen molar-refractivity contribution in [3.05, 3.63) is 173 Å². The maximum absolute atomic E-state index is 4.86. The summed E-state index contributed by atoms with van der Waals surface area (Å²) in [5, 5.41) is 0. The van der Waals surface area contributed by atoms with Crippen LogP contribution in [-0.2, 0) is 10.8 Å². The Morgan fingerprint density at radius 2 is 1.35 bits per heavy atom. The van der Waals surface area contributed by atoms with E-state index in [0.29, 0.717) is 0 Å². The lowest BCUT2D eigenvalue weighted by Gasteiger charge is -2.42. The summed E-state index contributed by atoms with van der Waals surface area (Å²) in [5.41, 5.74) is 19.0. The highest BCUT2D eigenvalue weighted by molar-refractivity contribution is 5.97. The highest BCUT2D eigenvalue weighted by atomic mass is 15.2. The SMILES string of the molecule is C=C1CC(CC)CCC12C1=CCCC(N(c3ccc(-c4ccccc4)cc3)c3ccc4c(c3)C(C)(C)c3ccccc3-4)=C1c1ccccc12. The first-order valence-corrected chi connectivity index (χ1v) is 18.3. The van der Waals surface area contributed by atoms with E-state index < -0.39 is 0 Å². The van der Waals surface area contributed by atoms with Crippen molar-refractivity contribution in [3.8, 4) is 22.3 Å². The first kappa shape index (κ1) is 30.2. The minimum atomic E-state index is -0.0896. The molecule has 5 aromatic rings. The fourth-order valence-corrected chi connectivity index (χ4v) is 9.81. The van der Waals surface area contributed by atoms with Crippen LogP contribution < -0.4 is 4.90 Å². The molecule has 2 atom stereocenters. The Morgan fingerprint density at radius 3 is 2.10 bits per heavy atom. The molecule has 0 aromatic heterocycles. The smallest absolute Gasteiger partial charge is 0.0462 e. The quantitative estimate of drug-likeness (QED) is 0.174. The maximum Gasteiger partial charge on any atom is 0.0462 e. The van der Waals surface area contributed by atoms with E-state index in [2.05, 4.69) is 153 Å². The minimum Gasteiger partial charge on any atom is -0.314 e. The van der Waals surface area contributed by atoms with E-state index in [4.69, 9.17) is 6.58 Å². The molecule has 0 N–H and O–H groups in total. The maximum atomic E-state index is 4.86. The van der Waals surface area contributed by atoms with Crippen molar-refractivity contribution >= 4 is 16.9 Å². The van der Waals surface area contributed by atoms with Crippen LogP contribution in [-0.4, -0.2) is 0 Å². The summed E-state index contributed by atoms with van der Waals surface area (Å²) in [6, 6.07) is 45.5. The molecule has 1 nitrogen and oxygen atoms in total. The van der Waals surface area contributed by atoms with Crippen LogP contribution in [0.5, 0.6) is 0 Å². The average molecular weight is 636 g/mol. The Hall–Kier alpha value is -4.88. The van der Waals surface area contributed by atoms with Crippen LogP contribution >= 0.6 is 0 Å². The van der Waals surface area contributed by atoms with Gasteiger partial charge < -0.3 is 4.90 Å². The number of rotatable bonds is 5. The molecule has 242 valence electrons. The fraction of sp³-hybridized carbons (Fsp3) is 0.250. The van der Waals surface area contributed by atoms with Gasteiger partial charge in [-0.25, -0.2) is 0 Å². The topological polar surface area (TPSA) is 3.24 Å². The summed E-state index contributed by atoms with van der Waals surface area (Å²) in [6.07, 6.45) is 9.37. The van der Waals surface area contributed by atoms with Crippen LogP contribution in [0.25, 0.3) is 27.8 Å². The standard InChI is InChI=1S/C48H45N/c1-5-33-28-29-48(32(2)30-33)42-19-12-10-17-40(42)46-43(48)20-13-21-45(46)49(36-24-22-35(23-25-36)34-14-7-6-8-15-34)37-26-27-39-38-16-9-11-18-41(38)47(3,4)44(39)31-37/h6-12,14-20,22-27,31,33H,2,5,13,21,28-30H2,1,3-4H3. The lowest BCUT2D eigenvalue weighted by molar-refractivity contribution is 0.338. The summed E-state index contributed by atoms with van der Waals surface area (Å²) in [7, 11) is 0. The Kier molecular flexibility index (Phi) is 6.99. The normalized spacial score (nSPS) is 21.6. The van der Waals surface area contributed by atoms with Crippen LogP contribution in [0.3, 0.4) is 0 Å². The summed E-state index contributed by atoms with van der Waals surface area (Å²) in [5.74, 6) is 0.737. The molecule has 0 radical (unpaired) electrons. The van der Waals surface area contributed by atoms with Crippen LogP contribution in [0, 0.1) is 5.92 Å². The zero-order valence-electron chi connectivity index (χ0n) is 29.1. The predicted octanol–water partition coefficient (Wildman–Crippen LogP) is 12.9. The number of nitrogens with zero attached hydrogens (tertiary/aromatic N) is 1. The molecule has 9 rings (SSSR count). The molecule has 1 fully saturated rings. The second-order valence-corrected chi connectivity index (χ2v) is 15.2. The summed E-state index contributed by atoms with van der Waals surface area (Å²) >= 11 is 0. The van der Waals surface area contributed by atoms with Crippen molar-refractivity contribution in [1.82, 2.24) is 0 Å². The molecule has 4 aliphatic carbocycles. The van der Waals surface area contributed by atoms with Crippen molar-refractivity contribution in [1.29, 1.82) is 0 Å². The fourth-order valence-electron chi connectivity index (χ4n) is 9.81. The molecule has 0 saturated heterocycles. The highest BCUT2D eigenvalue weighted by Crippen LogP contribution is 2.62. The molecule has 0 aliphatic heterocycles. The van der Waals surface area contributed by atoms with Crippen LogP contribution in [0.1, 0.15) is 81.5 Å². The van der Waals surface area contributed by atoms with Crippen LogP contribution in [0.15, 0.2) is 151 Å². The minimum absolute atomic E-state index is 0.0696. The van der Waals surface area contributed by atoms with Gasteiger partial charge in [-0.1, -0.05) is 142 Å². The number of hydrogen-bond donors (Lipinski definition) is 0. The summed E-state index contributed by atoms with van der Waals surface area (Å²) in [4.78, 5) is 2.60. The Balaban J connectivity index is 1.25. The van der Waals surface area contributed by atoms with Gasteiger partial charge in [-0.15, -0.1) is 0 Å². The molecule has 49 heavy (non-hydrogen) atoms. The largest absolute Gasteiger partial charge is 0.314 e. The summed E-state index contributed by atoms with van der Waals surface area (Å²) < 4.78 is 0. The molecule has 0 amide bonds. The van der Waals surface area contributed by atoms with E-state index in [1.165, 1.54) is 91.1 Å². The molecule has 1 heteroatoms. The third kappa shape index (κ3) is 4.44. The van der Waals surface area contributed by atoms with Gasteiger partial charge in [0.25, 0.3) is 0 Å². The Morgan fingerprint density at radius 1 is 0.694 bits per heavy atom. The van der Waals surface area contributed by atoms with Crippen LogP contribution in [0.4, 0.5) is 11.4 Å². The van der Waals surface area contributed by atoms with Crippen molar-refractivity contribution in [2.75, 3.05) is 4.90 Å². The van der Waals surface area contributed by atoms with E-state index in [-0.39, 0.29) is 10.8 Å². The third-order valence-corrected chi connectivity index (χ3v) is 12.4. The van der Waals surface area contributed by atoms with Crippen molar-refractivity contribution in [2.45, 2.75) is 70.1 Å². The van der Waals surface area contributed by atoms with Gasteiger partial charge in [0, 0.05) is 33.5 Å². The lowest BCUT2D eigenvalue weighted by Crippen LogP contribution is -2.34. The molecule has 4 aliphatic rings. The number of anilines is 2. The molecule has 1 saturated carbocycles. The van der Waals surface area contributed by atoms with Gasteiger partial charge in [-0.05, 0) is 112 Å². The van der Waals surface area contributed by atoms with E-state index >= 15 is 0 Å².